The van der Waals surface area contributed by atoms with Crippen LogP contribution in [0.5, 0.6) is 0 Å². The summed E-state index contributed by atoms with van der Waals surface area (Å²) in [5.41, 5.74) is 4.33. The van der Waals surface area contributed by atoms with Gasteiger partial charge < -0.3 is 10.0 Å². The van der Waals surface area contributed by atoms with Gasteiger partial charge in [-0.1, -0.05) is 19.9 Å². The number of fused-ring (bicyclic) bond motifs is 1. The summed E-state index contributed by atoms with van der Waals surface area (Å²) in [6.45, 7) is 5.55. The van der Waals surface area contributed by atoms with Gasteiger partial charge in [0.15, 0.2) is 0 Å². The van der Waals surface area contributed by atoms with Crippen molar-refractivity contribution in [3.05, 3.63) is 29.3 Å². The van der Waals surface area contributed by atoms with Crippen molar-refractivity contribution in [2.45, 2.75) is 33.1 Å². The predicted molar refractivity (Wildman–Crippen MR) is 77.2 cm³/mol. The molecule has 1 atom stereocenters. The number of aliphatic hydroxyl groups excluding tert-OH is 1. The van der Waals surface area contributed by atoms with E-state index in [4.69, 9.17) is 0 Å². The highest BCUT2D eigenvalue weighted by atomic mass is 16.3. The highest BCUT2D eigenvalue weighted by Crippen LogP contribution is 2.27. The second-order valence-corrected chi connectivity index (χ2v) is 5.87. The average molecular weight is 247 g/mol. The molecule has 0 bridgehead atoms. The van der Waals surface area contributed by atoms with Crippen LogP contribution in [0.4, 0.5) is 5.69 Å². The summed E-state index contributed by atoms with van der Waals surface area (Å²) in [5.74, 6) is 0.870. The Hall–Kier alpha value is -1.02. The zero-order chi connectivity index (χ0) is 13.1. The van der Waals surface area contributed by atoms with E-state index in [1.807, 2.05) is 0 Å². The van der Waals surface area contributed by atoms with Crippen LogP contribution >= 0.6 is 0 Å². The molecule has 2 nitrogen and oxygen atoms in total. The van der Waals surface area contributed by atoms with E-state index >= 15 is 0 Å². The number of benzene rings is 1. The first-order valence-electron chi connectivity index (χ1n) is 7.05. The number of hydrogen-bond acceptors (Lipinski definition) is 2. The van der Waals surface area contributed by atoms with Gasteiger partial charge in [-0.15, -0.1) is 0 Å². The third kappa shape index (κ3) is 2.86. The highest BCUT2D eigenvalue weighted by molar-refractivity contribution is 5.51. The summed E-state index contributed by atoms with van der Waals surface area (Å²) in [6, 6.07) is 6.83. The monoisotopic (exact) mass is 247 g/mol. The number of nitrogens with zero attached hydrogens (tertiary/aromatic N) is 1. The maximum atomic E-state index is 9.42. The summed E-state index contributed by atoms with van der Waals surface area (Å²) in [6.07, 6.45) is 3.77. The van der Waals surface area contributed by atoms with Crippen LogP contribution in [0.3, 0.4) is 0 Å². The van der Waals surface area contributed by atoms with Gasteiger partial charge in [0, 0.05) is 31.8 Å². The molecular weight excluding hydrogens is 222 g/mol. The Kier molecular flexibility index (Phi) is 4.28. The molecule has 0 heterocycles. The Labute approximate surface area is 111 Å². The lowest BCUT2D eigenvalue weighted by molar-refractivity contribution is 0.193. The third-order valence-electron chi connectivity index (χ3n) is 4.21. The van der Waals surface area contributed by atoms with E-state index in [0.29, 0.717) is 11.8 Å². The molecule has 100 valence electrons. The molecule has 18 heavy (non-hydrogen) atoms. The fourth-order valence-electron chi connectivity index (χ4n) is 2.73. The minimum Gasteiger partial charge on any atom is -0.396 e. The molecule has 1 aromatic rings. The van der Waals surface area contributed by atoms with E-state index in [-0.39, 0.29) is 6.61 Å². The quantitative estimate of drug-likeness (QED) is 0.865. The summed E-state index contributed by atoms with van der Waals surface area (Å²) in [5, 5.41) is 9.42. The van der Waals surface area contributed by atoms with Crippen LogP contribution in [0, 0.1) is 11.8 Å². The predicted octanol–water partition coefficient (Wildman–Crippen LogP) is 2.88. The number of hydrogen-bond donors (Lipinski definition) is 1. The Morgan fingerprint density at radius 1 is 1.22 bits per heavy atom. The fourth-order valence-corrected chi connectivity index (χ4v) is 2.73. The second kappa shape index (κ2) is 5.75. The Bertz CT molecular complexity index is 400. The van der Waals surface area contributed by atoms with Crippen molar-refractivity contribution < 1.29 is 5.11 Å². The third-order valence-corrected chi connectivity index (χ3v) is 4.21. The Balaban J connectivity index is 2.06. The van der Waals surface area contributed by atoms with Crippen LogP contribution in [0.15, 0.2) is 18.2 Å². The van der Waals surface area contributed by atoms with Crippen LogP contribution in [0.1, 0.15) is 31.4 Å². The van der Waals surface area contributed by atoms with Gasteiger partial charge >= 0.3 is 0 Å². The van der Waals surface area contributed by atoms with Crippen LogP contribution in [-0.2, 0) is 12.8 Å². The molecule has 0 radical (unpaired) electrons. The molecule has 2 heteroatoms. The van der Waals surface area contributed by atoms with E-state index in [0.717, 1.165) is 6.54 Å². The maximum Gasteiger partial charge on any atom is 0.0478 e. The fraction of sp³-hybridized carbons (Fsp3) is 0.625. The van der Waals surface area contributed by atoms with Gasteiger partial charge in [-0.25, -0.2) is 0 Å². The lowest BCUT2D eigenvalue weighted by atomic mass is 9.96. The van der Waals surface area contributed by atoms with Crippen LogP contribution in [0.2, 0.25) is 0 Å². The van der Waals surface area contributed by atoms with E-state index < -0.39 is 0 Å². The zero-order valence-corrected chi connectivity index (χ0v) is 11.8. The second-order valence-electron chi connectivity index (χ2n) is 5.87. The van der Waals surface area contributed by atoms with Gasteiger partial charge in [0.1, 0.15) is 0 Å². The normalized spacial score (nSPS) is 15.8. The molecule has 1 aromatic carbocycles. The van der Waals surface area contributed by atoms with Gasteiger partial charge in [0.2, 0.25) is 0 Å². The molecule has 1 N–H and O–H groups in total. The lowest BCUT2D eigenvalue weighted by Crippen LogP contribution is -2.30. The van der Waals surface area contributed by atoms with Crippen molar-refractivity contribution in [1.82, 2.24) is 0 Å². The molecule has 0 aliphatic heterocycles. The van der Waals surface area contributed by atoms with Crippen LogP contribution < -0.4 is 4.90 Å². The molecule has 1 aliphatic rings. The molecule has 2 rings (SSSR count). The summed E-state index contributed by atoms with van der Waals surface area (Å²) >= 11 is 0. The average Bonchev–Trinajstić information content (AvgIpc) is 2.82. The molecule has 0 spiro atoms. The first kappa shape index (κ1) is 13.4. The maximum absolute atomic E-state index is 9.42. The molecule has 0 amide bonds. The first-order valence-corrected chi connectivity index (χ1v) is 7.05. The smallest absolute Gasteiger partial charge is 0.0478 e. The van der Waals surface area contributed by atoms with Crippen LogP contribution in [0.25, 0.3) is 0 Å². The minimum atomic E-state index is 0.271. The van der Waals surface area contributed by atoms with Crippen LogP contribution in [-0.4, -0.2) is 25.3 Å². The van der Waals surface area contributed by atoms with E-state index in [1.54, 1.807) is 0 Å². The SMILES string of the molecule is CC(C)C(CO)CN(C)c1ccc2c(c1)CCC2. The number of anilines is 1. The Morgan fingerprint density at radius 3 is 2.61 bits per heavy atom. The number of aliphatic hydroxyl groups is 1. The first-order chi connectivity index (χ1) is 8.61. The topological polar surface area (TPSA) is 23.5 Å². The zero-order valence-electron chi connectivity index (χ0n) is 11.8. The highest BCUT2D eigenvalue weighted by Gasteiger charge is 2.17. The standard InChI is InChI=1S/C16H25NO/c1-12(2)15(11-18)10-17(3)16-8-7-13-5-4-6-14(13)9-16/h7-9,12,15,18H,4-6,10-11H2,1-3H3. The van der Waals surface area contributed by atoms with Crippen molar-refractivity contribution in [2.75, 3.05) is 25.1 Å². The van der Waals surface area contributed by atoms with Gasteiger partial charge in [-0.05, 0) is 48.4 Å². The number of aryl methyl sites for hydroxylation is 2. The van der Waals surface area contributed by atoms with Gasteiger partial charge in [0.05, 0.1) is 0 Å². The van der Waals surface area contributed by atoms with Gasteiger partial charge in [-0.2, -0.15) is 0 Å². The summed E-state index contributed by atoms with van der Waals surface area (Å²) in [7, 11) is 2.13. The number of rotatable bonds is 5. The van der Waals surface area contributed by atoms with Crippen molar-refractivity contribution in [2.24, 2.45) is 11.8 Å². The van der Waals surface area contributed by atoms with Gasteiger partial charge in [-0.3, -0.25) is 0 Å². The van der Waals surface area contributed by atoms with E-state index in [9.17, 15) is 5.11 Å². The summed E-state index contributed by atoms with van der Waals surface area (Å²) < 4.78 is 0. The summed E-state index contributed by atoms with van der Waals surface area (Å²) in [4.78, 5) is 2.28. The van der Waals surface area contributed by atoms with E-state index in [1.165, 1.54) is 36.1 Å². The minimum absolute atomic E-state index is 0.271. The molecule has 0 saturated carbocycles. The van der Waals surface area contributed by atoms with Crippen molar-refractivity contribution in [1.29, 1.82) is 0 Å². The largest absolute Gasteiger partial charge is 0.396 e. The molecular formula is C16H25NO. The van der Waals surface area contributed by atoms with Crippen molar-refractivity contribution in [3.63, 3.8) is 0 Å². The lowest BCUT2D eigenvalue weighted by Gasteiger charge is -2.27. The van der Waals surface area contributed by atoms with Gasteiger partial charge in [0.25, 0.3) is 0 Å². The van der Waals surface area contributed by atoms with Crippen molar-refractivity contribution >= 4 is 5.69 Å². The Morgan fingerprint density at radius 2 is 1.94 bits per heavy atom. The molecule has 1 unspecified atom stereocenters. The molecule has 1 aliphatic carbocycles. The van der Waals surface area contributed by atoms with E-state index in [2.05, 4.69) is 44.0 Å². The van der Waals surface area contributed by atoms with Crippen molar-refractivity contribution in [3.8, 4) is 0 Å². The molecule has 0 saturated heterocycles. The molecule has 0 aromatic heterocycles. The molecule has 0 fully saturated rings.